The van der Waals surface area contributed by atoms with Crippen LogP contribution in [0.1, 0.15) is 21.7 Å². The molecule has 0 amide bonds. The van der Waals surface area contributed by atoms with Gasteiger partial charge in [-0.2, -0.15) is 5.10 Å². The zero-order valence-corrected chi connectivity index (χ0v) is 11.3. The van der Waals surface area contributed by atoms with E-state index in [0.29, 0.717) is 11.4 Å². The molecule has 20 heavy (non-hydrogen) atoms. The summed E-state index contributed by atoms with van der Waals surface area (Å²) >= 11 is 5.75. The number of carbonyl (C=O) groups excluding carboxylic acids is 1. The highest BCUT2D eigenvalue weighted by molar-refractivity contribution is 6.33. The summed E-state index contributed by atoms with van der Waals surface area (Å²) in [5.41, 5.74) is 0.619. The molecule has 104 valence electrons. The number of aromatic carboxylic acids is 1. The number of carbonyl (C=O) groups is 1. The van der Waals surface area contributed by atoms with Gasteiger partial charge in [-0.1, -0.05) is 11.6 Å². The van der Waals surface area contributed by atoms with Crippen LogP contribution >= 0.6 is 11.6 Å². The van der Waals surface area contributed by atoms with Gasteiger partial charge in [0.25, 0.3) is 0 Å². The number of nitro groups is 1. The molecule has 2 aromatic rings. The Bertz CT molecular complexity index is 724. The molecule has 0 aliphatic carbocycles. The number of halogens is 1. The monoisotopic (exact) mass is 294 g/mol. The molecule has 0 N–H and O–H groups in total. The van der Waals surface area contributed by atoms with E-state index in [-0.39, 0.29) is 22.0 Å². The van der Waals surface area contributed by atoms with Crippen LogP contribution in [0, 0.1) is 24.0 Å². The van der Waals surface area contributed by atoms with Crippen LogP contribution in [0.3, 0.4) is 0 Å². The molecule has 0 aliphatic heterocycles. The summed E-state index contributed by atoms with van der Waals surface area (Å²) in [6.45, 7) is 3.04. The summed E-state index contributed by atoms with van der Waals surface area (Å²) in [4.78, 5) is 21.4. The minimum atomic E-state index is -1.42. The molecule has 2 rings (SSSR count). The van der Waals surface area contributed by atoms with E-state index in [1.54, 1.807) is 0 Å². The standard InChI is InChI=1S/C12H10ClN3O4/c1-6-11(16(19)20)7(2)15(14-6)8-3-4-10(13)9(5-8)12(17)18/h3-5H,1-2H3,(H,17,18)/p-1. The van der Waals surface area contributed by atoms with Gasteiger partial charge in [0.2, 0.25) is 0 Å². The Morgan fingerprint density at radius 1 is 1.40 bits per heavy atom. The molecule has 0 fully saturated rings. The maximum absolute atomic E-state index is 10.9. The molecule has 7 nitrogen and oxygen atoms in total. The van der Waals surface area contributed by atoms with Gasteiger partial charge in [0.1, 0.15) is 11.4 Å². The SMILES string of the molecule is Cc1nn(-c2ccc(Cl)c(C(=O)[O-])c2)c(C)c1[N+](=O)[O-]. The van der Waals surface area contributed by atoms with Crippen LogP contribution in [0.2, 0.25) is 5.02 Å². The summed E-state index contributed by atoms with van der Waals surface area (Å²) in [5.74, 6) is -1.42. The third-order valence-corrected chi connectivity index (χ3v) is 3.18. The van der Waals surface area contributed by atoms with Gasteiger partial charge in [-0.05, 0) is 32.0 Å². The molecular weight excluding hydrogens is 286 g/mol. The Morgan fingerprint density at radius 3 is 2.55 bits per heavy atom. The average molecular weight is 295 g/mol. The molecule has 0 saturated carbocycles. The first kappa shape index (κ1) is 14.0. The topological polar surface area (TPSA) is 101 Å². The molecule has 0 bridgehead atoms. The first-order valence-electron chi connectivity index (χ1n) is 5.54. The summed E-state index contributed by atoms with van der Waals surface area (Å²) in [6.07, 6.45) is 0. The smallest absolute Gasteiger partial charge is 0.313 e. The minimum absolute atomic E-state index is 0.0322. The third kappa shape index (κ3) is 2.23. The third-order valence-electron chi connectivity index (χ3n) is 2.85. The van der Waals surface area contributed by atoms with Crippen LogP contribution in [0.4, 0.5) is 5.69 Å². The molecule has 0 atom stereocenters. The van der Waals surface area contributed by atoms with Gasteiger partial charge in [0, 0.05) is 10.6 Å². The van der Waals surface area contributed by atoms with Crippen LogP contribution in [0.25, 0.3) is 5.69 Å². The van der Waals surface area contributed by atoms with E-state index in [1.165, 1.54) is 36.7 Å². The van der Waals surface area contributed by atoms with Gasteiger partial charge >= 0.3 is 5.69 Å². The van der Waals surface area contributed by atoms with E-state index in [2.05, 4.69) is 5.10 Å². The molecule has 0 saturated heterocycles. The van der Waals surface area contributed by atoms with Gasteiger partial charge in [0.15, 0.2) is 0 Å². The number of carboxylic acids is 1. The largest absolute Gasteiger partial charge is 0.545 e. The van der Waals surface area contributed by atoms with Crippen LogP contribution in [0.5, 0.6) is 0 Å². The molecular formula is C12H9ClN3O4-. The Balaban J connectivity index is 2.64. The lowest BCUT2D eigenvalue weighted by Gasteiger charge is -2.09. The Morgan fingerprint density at radius 2 is 2.05 bits per heavy atom. The van der Waals surface area contributed by atoms with Gasteiger partial charge in [0.05, 0.1) is 16.6 Å². The van der Waals surface area contributed by atoms with Crippen molar-refractivity contribution in [3.05, 3.63) is 50.3 Å². The van der Waals surface area contributed by atoms with Crippen molar-refractivity contribution < 1.29 is 14.8 Å². The second-order valence-corrected chi connectivity index (χ2v) is 4.55. The number of rotatable bonds is 3. The van der Waals surface area contributed by atoms with Crippen molar-refractivity contribution in [1.82, 2.24) is 9.78 Å². The van der Waals surface area contributed by atoms with Gasteiger partial charge in [-0.15, -0.1) is 0 Å². The Kier molecular flexibility index (Phi) is 3.46. The van der Waals surface area contributed by atoms with E-state index < -0.39 is 10.9 Å². The lowest BCUT2D eigenvalue weighted by molar-refractivity contribution is -0.386. The van der Waals surface area contributed by atoms with Crippen molar-refractivity contribution in [3.63, 3.8) is 0 Å². The number of aryl methyl sites for hydroxylation is 1. The van der Waals surface area contributed by atoms with Gasteiger partial charge in [-0.3, -0.25) is 10.1 Å². The van der Waals surface area contributed by atoms with Crippen molar-refractivity contribution in [2.24, 2.45) is 0 Å². The van der Waals surface area contributed by atoms with Crippen LogP contribution in [0.15, 0.2) is 18.2 Å². The van der Waals surface area contributed by atoms with Crippen molar-refractivity contribution in [3.8, 4) is 5.69 Å². The lowest BCUT2D eigenvalue weighted by Crippen LogP contribution is -2.23. The van der Waals surface area contributed by atoms with Crippen LogP contribution < -0.4 is 5.11 Å². The fourth-order valence-corrected chi connectivity index (χ4v) is 2.15. The number of benzene rings is 1. The Labute approximate surface area is 118 Å². The zero-order chi connectivity index (χ0) is 15.0. The highest BCUT2D eigenvalue weighted by Crippen LogP contribution is 2.26. The number of hydrogen-bond acceptors (Lipinski definition) is 5. The first-order valence-corrected chi connectivity index (χ1v) is 5.92. The van der Waals surface area contributed by atoms with Crippen LogP contribution in [-0.2, 0) is 0 Å². The highest BCUT2D eigenvalue weighted by atomic mass is 35.5. The van der Waals surface area contributed by atoms with Crippen molar-refractivity contribution >= 4 is 23.3 Å². The number of aromatic nitrogens is 2. The van der Waals surface area contributed by atoms with Gasteiger partial charge in [-0.25, -0.2) is 4.68 Å². The fourth-order valence-electron chi connectivity index (χ4n) is 1.95. The van der Waals surface area contributed by atoms with Gasteiger partial charge < -0.3 is 9.90 Å². The van der Waals surface area contributed by atoms with E-state index in [0.717, 1.165) is 0 Å². The minimum Gasteiger partial charge on any atom is -0.545 e. The zero-order valence-electron chi connectivity index (χ0n) is 10.6. The summed E-state index contributed by atoms with van der Waals surface area (Å²) in [6, 6.07) is 4.17. The molecule has 1 aromatic heterocycles. The summed E-state index contributed by atoms with van der Waals surface area (Å²) in [5, 5.41) is 26.0. The summed E-state index contributed by atoms with van der Waals surface area (Å²) in [7, 11) is 0. The van der Waals surface area contributed by atoms with E-state index >= 15 is 0 Å². The quantitative estimate of drug-likeness (QED) is 0.629. The lowest BCUT2D eigenvalue weighted by atomic mass is 10.2. The van der Waals surface area contributed by atoms with E-state index in [4.69, 9.17) is 11.6 Å². The molecule has 0 radical (unpaired) electrons. The highest BCUT2D eigenvalue weighted by Gasteiger charge is 2.22. The number of nitrogens with zero attached hydrogens (tertiary/aromatic N) is 3. The molecule has 0 unspecified atom stereocenters. The predicted octanol–water partition coefficient (Wildman–Crippen LogP) is 1.41. The fraction of sp³-hybridized carbons (Fsp3) is 0.167. The second-order valence-electron chi connectivity index (χ2n) is 4.14. The molecule has 1 heterocycles. The maximum atomic E-state index is 10.9. The first-order chi connectivity index (χ1) is 9.32. The summed E-state index contributed by atoms with van der Waals surface area (Å²) < 4.78 is 1.30. The normalized spacial score (nSPS) is 10.6. The van der Waals surface area contributed by atoms with E-state index in [9.17, 15) is 20.0 Å². The number of hydrogen-bond donors (Lipinski definition) is 0. The maximum Gasteiger partial charge on any atom is 0.313 e. The molecule has 0 spiro atoms. The molecule has 8 heteroatoms. The molecule has 1 aromatic carbocycles. The Hall–Kier alpha value is -2.41. The van der Waals surface area contributed by atoms with E-state index in [1.807, 2.05) is 0 Å². The van der Waals surface area contributed by atoms with Crippen molar-refractivity contribution in [1.29, 1.82) is 0 Å². The van der Waals surface area contributed by atoms with Crippen LogP contribution in [-0.4, -0.2) is 20.7 Å². The predicted molar refractivity (Wildman–Crippen MR) is 69.0 cm³/mol. The average Bonchev–Trinajstić information content (AvgIpc) is 2.65. The van der Waals surface area contributed by atoms with Crippen molar-refractivity contribution in [2.75, 3.05) is 0 Å². The van der Waals surface area contributed by atoms with Crippen molar-refractivity contribution in [2.45, 2.75) is 13.8 Å². The molecule has 0 aliphatic rings. The number of carboxylic acid groups (broad SMARTS) is 1. The second kappa shape index (κ2) is 4.93.